The van der Waals surface area contributed by atoms with Crippen LogP contribution in [0, 0.1) is 6.92 Å². The van der Waals surface area contributed by atoms with Crippen LogP contribution < -0.4 is 10.5 Å². The number of hydrogen-bond donors (Lipinski definition) is 1. The van der Waals surface area contributed by atoms with Crippen LogP contribution in [0.25, 0.3) is 0 Å². The first-order chi connectivity index (χ1) is 9.22. The molecule has 1 heterocycles. The summed E-state index contributed by atoms with van der Waals surface area (Å²) in [4.78, 5) is 0. The van der Waals surface area contributed by atoms with E-state index in [0.717, 1.165) is 30.0 Å². The van der Waals surface area contributed by atoms with Crippen molar-refractivity contribution < 1.29 is 9.26 Å². The molecule has 2 aromatic rings. The molecule has 1 atom stereocenters. The topological polar surface area (TPSA) is 61.3 Å². The van der Waals surface area contributed by atoms with Gasteiger partial charge in [0.25, 0.3) is 0 Å². The Hall–Kier alpha value is -1.81. The molecule has 4 heteroatoms. The standard InChI is InChI=1S/C15H18N2O2/c1-10-7-13(19-17-10)9-18-12-6-5-11-3-2-4-15(16)14(11)8-12/h5-8,15H,2-4,9,16H2,1H3/t15-/m0/s1. The molecule has 1 aliphatic carbocycles. The van der Waals surface area contributed by atoms with E-state index in [4.69, 9.17) is 15.0 Å². The van der Waals surface area contributed by atoms with Crippen LogP contribution in [0.2, 0.25) is 0 Å². The lowest BCUT2D eigenvalue weighted by molar-refractivity contribution is 0.248. The number of ether oxygens (including phenoxy) is 1. The van der Waals surface area contributed by atoms with Crippen LogP contribution in [0.15, 0.2) is 28.8 Å². The van der Waals surface area contributed by atoms with E-state index >= 15 is 0 Å². The lowest BCUT2D eigenvalue weighted by atomic mass is 9.88. The fourth-order valence-corrected chi connectivity index (χ4v) is 2.54. The highest BCUT2D eigenvalue weighted by Gasteiger charge is 2.17. The number of nitrogens with two attached hydrogens (primary N) is 1. The van der Waals surface area contributed by atoms with Crippen molar-refractivity contribution in [1.29, 1.82) is 0 Å². The summed E-state index contributed by atoms with van der Waals surface area (Å²) in [5, 5.41) is 3.84. The molecule has 0 bridgehead atoms. The van der Waals surface area contributed by atoms with Crippen molar-refractivity contribution in [2.75, 3.05) is 0 Å². The number of rotatable bonds is 3. The van der Waals surface area contributed by atoms with Crippen LogP contribution in [0.4, 0.5) is 0 Å². The van der Waals surface area contributed by atoms with E-state index in [1.165, 1.54) is 17.5 Å². The lowest BCUT2D eigenvalue weighted by Crippen LogP contribution is -2.17. The van der Waals surface area contributed by atoms with Crippen molar-refractivity contribution in [2.45, 2.75) is 38.8 Å². The molecule has 0 radical (unpaired) electrons. The van der Waals surface area contributed by atoms with Crippen molar-refractivity contribution in [1.82, 2.24) is 5.16 Å². The van der Waals surface area contributed by atoms with Crippen molar-refractivity contribution in [2.24, 2.45) is 5.73 Å². The molecule has 2 N–H and O–H groups in total. The largest absolute Gasteiger partial charge is 0.486 e. The maximum absolute atomic E-state index is 6.14. The van der Waals surface area contributed by atoms with Crippen molar-refractivity contribution in [3.63, 3.8) is 0 Å². The fourth-order valence-electron chi connectivity index (χ4n) is 2.54. The second kappa shape index (κ2) is 5.05. The molecule has 0 unspecified atom stereocenters. The quantitative estimate of drug-likeness (QED) is 0.919. The number of aromatic nitrogens is 1. The summed E-state index contributed by atoms with van der Waals surface area (Å²) in [6.45, 7) is 2.29. The molecule has 1 aromatic heterocycles. The summed E-state index contributed by atoms with van der Waals surface area (Å²) in [5.41, 5.74) is 9.58. The van der Waals surface area contributed by atoms with E-state index in [9.17, 15) is 0 Å². The predicted octanol–water partition coefficient (Wildman–Crippen LogP) is 2.90. The van der Waals surface area contributed by atoms with Crippen LogP contribution in [0.5, 0.6) is 5.75 Å². The van der Waals surface area contributed by atoms with Gasteiger partial charge < -0.3 is 15.0 Å². The Kier molecular flexibility index (Phi) is 3.25. The van der Waals surface area contributed by atoms with Gasteiger partial charge in [0.15, 0.2) is 5.76 Å². The second-order valence-corrected chi connectivity index (χ2v) is 5.08. The van der Waals surface area contributed by atoms with Gasteiger partial charge in [-0.2, -0.15) is 0 Å². The Balaban J connectivity index is 1.73. The SMILES string of the molecule is Cc1cc(COc2ccc3c(c2)[C@@H](N)CCC3)on1. The normalized spacial score (nSPS) is 18.1. The molecule has 0 aliphatic heterocycles. The minimum atomic E-state index is 0.139. The third kappa shape index (κ3) is 2.63. The Labute approximate surface area is 112 Å². The van der Waals surface area contributed by atoms with Crippen molar-refractivity contribution in [3.05, 3.63) is 46.8 Å². The molecule has 1 aliphatic rings. The van der Waals surface area contributed by atoms with Crippen LogP contribution in [-0.2, 0) is 13.0 Å². The first-order valence-electron chi connectivity index (χ1n) is 6.66. The highest BCUT2D eigenvalue weighted by Crippen LogP contribution is 2.31. The number of aryl methyl sites for hydroxylation is 2. The summed E-state index contributed by atoms with van der Waals surface area (Å²) in [7, 11) is 0. The van der Waals surface area contributed by atoms with Gasteiger partial charge in [0, 0.05) is 12.1 Å². The zero-order chi connectivity index (χ0) is 13.2. The second-order valence-electron chi connectivity index (χ2n) is 5.08. The van der Waals surface area contributed by atoms with Gasteiger partial charge in [-0.1, -0.05) is 11.2 Å². The number of hydrogen-bond acceptors (Lipinski definition) is 4. The van der Waals surface area contributed by atoms with Crippen LogP contribution in [0.1, 0.15) is 41.5 Å². The minimum absolute atomic E-state index is 0.139. The molecule has 0 saturated carbocycles. The average Bonchev–Trinajstić information content (AvgIpc) is 2.83. The third-order valence-electron chi connectivity index (χ3n) is 3.54. The van der Waals surface area contributed by atoms with Gasteiger partial charge in [0.2, 0.25) is 0 Å². The predicted molar refractivity (Wildman–Crippen MR) is 71.9 cm³/mol. The zero-order valence-corrected chi connectivity index (χ0v) is 11.1. The first-order valence-corrected chi connectivity index (χ1v) is 6.66. The molecule has 0 amide bonds. The van der Waals surface area contributed by atoms with Gasteiger partial charge in [0.05, 0.1) is 5.69 Å². The van der Waals surface area contributed by atoms with E-state index < -0.39 is 0 Å². The zero-order valence-electron chi connectivity index (χ0n) is 11.1. The van der Waals surface area contributed by atoms with Gasteiger partial charge in [-0.3, -0.25) is 0 Å². The van der Waals surface area contributed by atoms with Gasteiger partial charge >= 0.3 is 0 Å². The maximum Gasteiger partial charge on any atom is 0.174 e. The monoisotopic (exact) mass is 258 g/mol. The average molecular weight is 258 g/mol. The van der Waals surface area contributed by atoms with E-state index in [2.05, 4.69) is 17.3 Å². The van der Waals surface area contributed by atoms with Crippen LogP contribution in [0.3, 0.4) is 0 Å². The van der Waals surface area contributed by atoms with Gasteiger partial charge in [-0.15, -0.1) is 0 Å². The van der Waals surface area contributed by atoms with Crippen LogP contribution in [-0.4, -0.2) is 5.16 Å². The van der Waals surface area contributed by atoms with E-state index in [-0.39, 0.29) is 6.04 Å². The molecule has 0 spiro atoms. The smallest absolute Gasteiger partial charge is 0.174 e. The third-order valence-corrected chi connectivity index (χ3v) is 3.54. The fraction of sp³-hybridized carbons (Fsp3) is 0.400. The van der Waals surface area contributed by atoms with E-state index in [1.54, 1.807) is 0 Å². The number of benzene rings is 1. The lowest BCUT2D eigenvalue weighted by Gasteiger charge is -2.22. The first kappa shape index (κ1) is 12.2. The summed E-state index contributed by atoms with van der Waals surface area (Å²) in [5.74, 6) is 1.57. The summed E-state index contributed by atoms with van der Waals surface area (Å²) in [6, 6.07) is 8.20. The maximum atomic E-state index is 6.14. The van der Waals surface area contributed by atoms with Gasteiger partial charge in [-0.05, 0) is 49.4 Å². The Bertz CT molecular complexity index is 577. The van der Waals surface area contributed by atoms with E-state index in [0.29, 0.717) is 6.61 Å². The molecule has 0 saturated heterocycles. The summed E-state index contributed by atoms with van der Waals surface area (Å²) < 4.78 is 10.9. The molecular formula is C15H18N2O2. The molecular weight excluding hydrogens is 240 g/mol. The van der Waals surface area contributed by atoms with E-state index in [1.807, 2.05) is 19.1 Å². The molecule has 3 rings (SSSR count). The highest BCUT2D eigenvalue weighted by molar-refractivity contribution is 5.39. The number of fused-ring (bicyclic) bond motifs is 1. The number of nitrogens with zero attached hydrogens (tertiary/aromatic N) is 1. The molecule has 19 heavy (non-hydrogen) atoms. The molecule has 1 aromatic carbocycles. The summed E-state index contributed by atoms with van der Waals surface area (Å²) in [6.07, 6.45) is 3.34. The highest BCUT2D eigenvalue weighted by atomic mass is 16.5. The van der Waals surface area contributed by atoms with Crippen molar-refractivity contribution in [3.8, 4) is 5.75 Å². The molecule has 100 valence electrons. The molecule has 0 fully saturated rings. The molecule has 4 nitrogen and oxygen atoms in total. The Morgan fingerprint density at radius 3 is 3.11 bits per heavy atom. The van der Waals surface area contributed by atoms with Gasteiger partial charge in [0.1, 0.15) is 12.4 Å². The van der Waals surface area contributed by atoms with Crippen LogP contribution >= 0.6 is 0 Å². The minimum Gasteiger partial charge on any atom is -0.486 e. The Morgan fingerprint density at radius 1 is 1.42 bits per heavy atom. The Morgan fingerprint density at radius 2 is 2.32 bits per heavy atom. The van der Waals surface area contributed by atoms with Crippen molar-refractivity contribution >= 4 is 0 Å². The van der Waals surface area contributed by atoms with Gasteiger partial charge in [-0.25, -0.2) is 0 Å². The summed E-state index contributed by atoms with van der Waals surface area (Å²) >= 11 is 0.